The van der Waals surface area contributed by atoms with Crippen molar-refractivity contribution in [3.05, 3.63) is 59.9 Å². The highest BCUT2D eigenvalue weighted by molar-refractivity contribution is 5.92. The molecule has 0 spiro atoms. The fourth-order valence-corrected chi connectivity index (χ4v) is 1.60. The molecular weight excluding hydrogens is 261 g/mol. The Morgan fingerprint density at radius 3 is 2.65 bits per heavy atom. The summed E-state index contributed by atoms with van der Waals surface area (Å²) < 4.78 is 18.1. The van der Waals surface area contributed by atoms with E-state index in [1.54, 1.807) is 24.3 Å². The first-order chi connectivity index (χ1) is 9.69. The number of carbonyl (C=O) groups excluding carboxylic acids is 2. The maximum Gasteiger partial charge on any atom is 0.262 e. The number of hydrogen-bond acceptors (Lipinski definition) is 3. The molecule has 2 aromatic rings. The summed E-state index contributed by atoms with van der Waals surface area (Å²) in [6.07, 6.45) is 0.480. The molecule has 1 amide bonds. The number of halogens is 1. The smallest absolute Gasteiger partial charge is 0.262 e. The number of aldehydes is 1. The van der Waals surface area contributed by atoms with Gasteiger partial charge in [0.1, 0.15) is 11.6 Å². The van der Waals surface area contributed by atoms with Gasteiger partial charge in [-0.2, -0.15) is 0 Å². The third-order valence-corrected chi connectivity index (χ3v) is 2.52. The fourth-order valence-electron chi connectivity index (χ4n) is 1.60. The van der Waals surface area contributed by atoms with Gasteiger partial charge in [0.2, 0.25) is 0 Å². The average molecular weight is 273 g/mol. The Balaban J connectivity index is 1.95. The molecule has 1 N–H and O–H groups in total. The van der Waals surface area contributed by atoms with Crippen molar-refractivity contribution < 1.29 is 18.7 Å². The van der Waals surface area contributed by atoms with Gasteiger partial charge in [0, 0.05) is 5.69 Å². The van der Waals surface area contributed by atoms with Gasteiger partial charge in [0.05, 0.1) is 5.56 Å². The summed E-state index contributed by atoms with van der Waals surface area (Å²) in [5.74, 6) is -0.727. The summed E-state index contributed by atoms with van der Waals surface area (Å²) in [6, 6.07) is 12.4. The molecule has 0 aliphatic carbocycles. The lowest BCUT2D eigenvalue weighted by molar-refractivity contribution is -0.118. The second-order valence-electron chi connectivity index (χ2n) is 4.00. The van der Waals surface area contributed by atoms with Crippen LogP contribution < -0.4 is 10.1 Å². The lowest BCUT2D eigenvalue weighted by Crippen LogP contribution is -2.20. The van der Waals surface area contributed by atoms with E-state index in [9.17, 15) is 14.0 Å². The lowest BCUT2D eigenvalue weighted by Gasteiger charge is -2.09. The minimum absolute atomic E-state index is 0.0671. The summed E-state index contributed by atoms with van der Waals surface area (Å²) >= 11 is 0. The second kappa shape index (κ2) is 6.47. The number of hydrogen-bond donors (Lipinski definition) is 1. The molecule has 4 nitrogen and oxygen atoms in total. The summed E-state index contributed by atoms with van der Waals surface area (Å²) in [4.78, 5) is 22.4. The minimum Gasteiger partial charge on any atom is -0.483 e. The third kappa shape index (κ3) is 3.65. The van der Waals surface area contributed by atoms with Crippen molar-refractivity contribution in [2.45, 2.75) is 0 Å². The van der Waals surface area contributed by atoms with E-state index >= 15 is 0 Å². The number of carbonyl (C=O) groups is 2. The summed E-state index contributed by atoms with van der Waals surface area (Å²) in [7, 11) is 0. The average Bonchev–Trinajstić information content (AvgIpc) is 2.47. The van der Waals surface area contributed by atoms with Gasteiger partial charge in [-0.15, -0.1) is 0 Å². The van der Waals surface area contributed by atoms with Crippen LogP contribution in [0.5, 0.6) is 5.75 Å². The molecule has 102 valence electrons. The monoisotopic (exact) mass is 273 g/mol. The molecule has 0 unspecified atom stereocenters. The number of benzene rings is 2. The topological polar surface area (TPSA) is 55.4 Å². The van der Waals surface area contributed by atoms with E-state index in [1.807, 2.05) is 6.07 Å². The molecule has 0 atom stereocenters. The summed E-state index contributed by atoms with van der Waals surface area (Å²) in [6.45, 7) is -0.263. The van der Waals surface area contributed by atoms with Crippen LogP contribution in [-0.2, 0) is 4.79 Å². The molecule has 0 fully saturated rings. The molecule has 0 saturated heterocycles. The van der Waals surface area contributed by atoms with Crippen LogP contribution in [0.1, 0.15) is 10.4 Å². The quantitative estimate of drug-likeness (QED) is 0.852. The minimum atomic E-state index is -0.534. The molecule has 0 bridgehead atoms. The van der Waals surface area contributed by atoms with Gasteiger partial charge in [-0.1, -0.05) is 18.2 Å². The standard InChI is InChI=1S/C15H12FNO3/c16-12-6-7-14(11(8-12)9-18)20-10-15(19)17-13-4-2-1-3-5-13/h1-9H,10H2,(H,17,19). The first kappa shape index (κ1) is 13.7. The van der Waals surface area contributed by atoms with Gasteiger partial charge in [-0.3, -0.25) is 9.59 Å². The Kier molecular flexibility index (Phi) is 4.44. The molecule has 0 heterocycles. The number of ether oxygens (including phenoxy) is 1. The first-order valence-corrected chi connectivity index (χ1v) is 5.91. The van der Waals surface area contributed by atoms with Gasteiger partial charge in [-0.05, 0) is 30.3 Å². The molecule has 2 aromatic carbocycles. The van der Waals surface area contributed by atoms with E-state index in [4.69, 9.17) is 4.74 Å². The zero-order valence-corrected chi connectivity index (χ0v) is 10.5. The number of nitrogens with one attached hydrogen (secondary N) is 1. The van der Waals surface area contributed by atoms with Gasteiger partial charge in [-0.25, -0.2) is 4.39 Å². The van der Waals surface area contributed by atoms with Crippen molar-refractivity contribution in [3.8, 4) is 5.75 Å². The maximum atomic E-state index is 12.9. The van der Waals surface area contributed by atoms with Gasteiger partial charge >= 0.3 is 0 Å². The Morgan fingerprint density at radius 2 is 1.95 bits per heavy atom. The second-order valence-corrected chi connectivity index (χ2v) is 4.00. The van der Waals surface area contributed by atoms with Gasteiger partial charge in [0.25, 0.3) is 5.91 Å². The number of para-hydroxylation sites is 1. The highest BCUT2D eigenvalue weighted by Crippen LogP contribution is 2.17. The van der Waals surface area contributed by atoms with E-state index in [0.717, 1.165) is 12.1 Å². The predicted octanol–water partition coefficient (Wildman–Crippen LogP) is 2.66. The van der Waals surface area contributed by atoms with E-state index in [1.165, 1.54) is 6.07 Å². The Bertz CT molecular complexity index is 614. The zero-order valence-electron chi connectivity index (χ0n) is 10.5. The lowest BCUT2D eigenvalue weighted by atomic mass is 10.2. The van der Waals surface area contributed by atoms with Crippen LogP contribution in [0.15, 0.2) is 48.5 Å². The van der Waals surface area contributed by atoms with Crippen molar-refractivity contribution >= 4 is 17.9 Å². The predicted molar refractivity (Wildman–Crippen MR) is 72.4 cm³/mol. The van der Waals surface area contributed by atoms with Crippen molar-refractivity contribution in [2.75, 3.05) is 11.9 Å². The zero-order chi connectivity index (χ0) is 14.4. The molecule has 2 rings (SSSR count). The molecule has 5 heteroatoms. The van der Waals surface area contributed by atoms with Crippen molar-refractivity contribution in [2.24, 2.45) is 0 Å². The van der Waals surface area contributed by atoms with E-state index in [2.05, 4.69) is 5.32 Å². The summed E-state index contributed by atoms with van der Waals surface area (Å²) in [5, 5.41) is 2.63. The fraction of sp³-hybridized carbons (Fsp3) is 0.0667. The first-order valence-electron chi connectivity index (χ1n) is 5.91. The van der Waals surface area contributed by atoms with Crippen LogP contribution >= 0.6 is 0 Å². The molecule has 0 aliphatic rings. The van der Waals surface area contributed by atoms with Gasteiger partial charge in [0.15, 0.2) is 12.9 Å². The molecule has 0 radical (unpaired) electrons. The van der Waals surface area contributed by atoms with Crippen LogP contribution in [0.2, 0.25) is 0 Å². The Labute approximate surface area is 115 Å². The highest BCUT2D eigenvalue weighted by atomic mass is 19.1. The van der Waals surface area contributed by atoms with Crippen molar-refractivity contribution in [1.82, 2.24) is 0 Å². The van der Waals surface area contributed by atoms with E-state index in [-0.39, 0.29) is 23.8 Å². The number of rotatable bonds is 5. The Hall–Kier alpha value is -2.69. The molecule has 0 saturated carbocycles. The SMILES string of the molecule is O=Cc1cc(F)ccc1OCC(=O)Nc1ccccc1. The third-order valence-electron chi connectivity index (χ3n) is 2.52. The highest BCUT2D eigenvalue weighted by Gasteiger charge is 2.08. The number of amides is 1. The van der Waals surface area contributed by atoms with Crippen molar-refractivity contribution in [3.63, 3.8) is 0 Å². The van der Waals surface area contributed by atoms with Crippen LogP contribution in [0.3, 0.4) is 0 Å². The van der Waals surface area contributed by atoms with Gasteiger partial charge < -0.3 is 10.1 Å². The van der Waals surface area contributed by atoms with E-state index < -0.39 is 5.82 Å². The molecular formula is C15H12FNO3. The molecule has 0 aliphatic heterocycles. The van der Waals surface area contributed by atoms with Crippen LogP contribution in [-0.4, -0.2) is 18.8 Å². The number of anilines is 1. The largest absolute Gasteiger partial charge is 0.483 e. The van der Waals surface area contributed by atoms with Crippen LogP contribution in [0, 0.1) is 5.82 Å². The summed E-state index contributed by atoms with van der Waals surface area (Å²) in [5.41, 5.74) is 0.716. The van der Waals surface area contributed by atoms with Crippen molar-refractivity contribution in [1.29, 1.82) is 0 Å². The van der Waals surface area contributed by atoms with Crippen LogP contribution in [0.25, 0.3) is 0 Å². The van der Waals surface area contributed by atoms with E-state index in [0.29, 0.717) is 12.0 Å². The maximum absolute atomic E-state index is 12.9. The molecule has 0 aromatic heterocycles. The van der Waals surface area contributed by atoms with Crippen LogP contribution in [0.4, 0.5) is 10.1 Å². The molecule has 20 heavy (non-hydrogen) atoms. The normalized spacial score (nSPS) is 9.85. The Morgan fingerprint density at radius 1 is 1.20 bits per heavy atom.